The third-order valence-electron chi connectivity index (χ3n) is 3.69. The number of carbonyl (C=O) groups is 2. The van der Waals surface area contributed by atoms with E-state index in [1.165, 1.54) is 43.0 Å². The summed E-state index contributed by atoms with van der Waals surface area (Å²) in [5.74, 6) is -2.05. The van der Waals surface area contributed by atoms with Crippen molar-refractivity contribution in [3.8, 4) is 0 Å². The molecule has 0 radical (unpaired) electrons. The predicted molar refractivity (Wildman–Crippen MR) is 75.2 cm³/mol. The van der Waals surface area contributed by atoms with Crippen LogP contribution in [0.1, 0.15) is 58.4 Å². The molecule has 0 atom stereocenters. The first kappa shape index (κ1) is 14.3. The standard InChI is InChI=1S/C16H18O4/c17-15(18)13-8-9-14(16(19)20)12(10-13)7-6-11-4-2-1-3-5-11/h6,8-10H,1-5,7H2,(H,17,18)(H,19,20). The largest absolute Gasteiger partial charge is 0.478 e. The Hall–Kier alpha value is -2.10. The van der Waals surface area contributed by atoms with E-state index in [-0.39, 0.29) is 11.1 Å². The van der Waals surface area contributed by atoms with Gasteiger partial charge in [-0.3, -0.25) is 0 Å². The minimum atomic E-state index is -1.03. The van der Waals surface area contributed by atoms with Gasteiger partial charge in [-0.15, -0.1) is 0 Å². The van der Waals surface area contributed by atoms with Crippen LogP contribution in [0.4, 0.5) is 0 Å². The molecule has 0 aromatic heterocycles. The second kappa shape index (κ2) is 6.37. The van der Waals surface area contributed by atoms with Crippen LogP contribution in [0.3, 0.4) is 0 Å². The number of rotatable bonds is 4. The van der Waals surface area contributed by atoms with Gasteiger partial charge >= 0.3 is 11.9 Å². The van der Waals surface area contributed by atoms with Gasteiger partial charge in [0, 0.05) is 0 Å². The van der Waals surface area contributed by atoms with Crippen LogP contribution in [-0.2, 0) is 6.42 Å². The zero-order valence-corrected chi connectivity index (χ0v) is 11.3. The Bertz CT molecular complexity index is 550. The molecule has 1 fully saturated rings. The lowest BCUT2D eigenvalue weighted by atomic mass is 9.92. The molecule has 1 aliphatic carbocycles. The van der Waals surface area contributed by atoms with Crippen LogP contribution in [0.5, 0.6) is 0 Å². The first-order valence-corrected chi connectivity index (χ1v) is 6.85. The fourth-order valence-corrected chi connectivity index (χ4v) is 2.57. The smallest absolute Gasteiger partial charge is 0.335 e. The minimum absolute atomic E-state index is 0.132. The van der Waals surface area contributed by atoms with E-state index < -0.39 is 11.9 Å². The van der Waals surface area contributed by atoms with Gasteiger partial charge < -0.3 is 10.2 Å². The zero-order chi connectivity index (χ0) is 14.5. The van der Waals surface area contributed by atoms with Crippen LogP contribution in [0.15, 0.2) is 29.8 Å². The summed E-state index contributed by atoms with van der Waals surface area (Å²) in [6.45, 7) is 0. The number of allylic oxidation sites excluding steroid dienone is 2. The molecule has 106 valence electrons. The fraction of sp³-hybridized carbons (Fsp3) is 0.375. The molecule has 0 spiro atoms. The molecule has 20 heavy (non-hydrogen) atoms. The lowest BCUT2D eigenvalue weighted by Gasteiger charge is -2.14. The molecule has 0 aliphatic heterocycles. The summed E-state index contributed by atoms with van der Waals surface area (Å²) in [6, 6.07) is 4.18. The fourth-order valence-electron chi connectivity index (χ4n) is 2.57. The van der Waals surface area contributed by atoms with Gasteiger partial charge in [-0.2, -0.15) is 0 Å². The highest BCUT2D eigenvalue weighted by atomic mass is 16.4. The average molecular weight is 274 g/mol. The van der Waals surface area contributed by atoms with Crippen LogP contribution >= 0.6 is 0 Å². The Morgan fingerprint density at radius 1 is 1.05 bits per heavy atom. The number of carboxylic acid groups (broad SMARTS) is 2. The van der Waals surface area contributed by atoms with Crippen molar-refractivity contribution in [3.05, 3.63) is 46.5 Å². The van der Waals surface area contributed by atoms with Crippen molar-refractivity contribution in [2.24, 2.45) is 0 Å². The van der Waals surface area contributed by atoms with Gasteiger partial charge in [-0.25, -0.2) is 9.59 Å². The molecule has 2 rings (SSSR count). The Balaban J connectivity index is 2.25. The third kappa shape index (κ3) is 3.47. The molecule has 4 nitrogen and oxygen atoms in total. The van der Waals surface area contributed by atoms with Crippen molar-refractivity contribution < 1.29 is 19.8 Å². The van der Waals surface area contributed by atoms with E-state index in [0.717, 1.165) is 12.8 Å². The van der Waals surface area contributed by atoms with Crippen LogP contribution in [0.2, 0.25) is 0 Å². The Kier molecular flexibility index (Phi) is 4.56. The molecule has 1 saturated carbocycles. The van der Waals surface area contributed by atoms with Crippen LogP contribution < -0.4 is 0 Å². The first-order valence-electron chi connectivity index (χ1n) is 6.85. The molecular formula is C16H18O4. The summed E-state index contributed by atoms with van der Waals surface area (Å²) in [5, 5.41) is 18.2. The van der Waals surface area contributed by atoms with E-state index in [1.807, 2.05) is 0 Å². The summed E-state index contributed by atoms with van der Waals surface area (Å²) in [6.07, 6.45) is 8.32. The summed E-state index contributed by atoms with van der Waals surface area (Å²) in [4.78, 5) is 22.2. The van der Waals surface area contributed by atoms with E-state index >= 15 is 0 Å². The van der Waals surface area contributed by atoms with E-state index in [2.05, 4.69) is 6.08 Å². The molecule has 0 saturated heterocycles. The van der Waals surface area contributed by atoms with Crippen molar-refractivity contribution in [1.82, 2.24) is 0 Å². The highest BCUT2D eigenvalue weighted by molar-refractivity contribution is 5.93. The quantitative estimate of drug-likeness (QED) is 0.824. The van der Waals surface area contributed by atoms with Crippen LogP contribution in [0.25, 0.3) is 0 Å². The van der Waals surface area contributed by atoms with E-state index in [9.17, 15) is 9.59 Å². The number of aromatic carboxylic acids is 2. The summed E-state index contributed by atoms with van der Waals surface area (Å²) in [5.41, 5.74) is 2.23. The van der Waals surface area contributed by atoms with Gasteiger partial charge in [0.15, 0.2) is 0 Å². The second-order valence-corrected chi connectivity index (χ2v) is 5.11. The molecule has 1 aromatic carbocycles. The van der Waals surface area contributed by atoms with Crippen molar-refractivity contribution >= 4 is 11.9 Å². The maximum atomic E-state index is 11.2. The third-order valence-corrected chi connectivity index (χ3v) is 3.69. The van der Waals surface area contributed by atoms with Gasteiger partial charge in [0.25, 0.3) is 0 Å². The number of carboxylic acids is 2. The second-order valence-electron chi connectivity index (χ2n) is 5.11. The van der Waals surface area contributed by atoms with Gasteiger partial charge in [0.2, 0.25) is 0 Å². The van der Waals surface area contributed by atoms with Crippen LogP contribution in [-0.4, -0.2) is 22.2 Å². The minimum Gasteiger partial charge on any atom is -0.478 e. The van der Waals surface area contributed by atoms with Crippen molar-refractivity contribution in [1.29, 1.82) is 0 Å². The molecule has 0 heterocycles. The lowest BCUT2D eigenvalue weighted by molar-refractivity contribution is 0.0680. The normalized spacial score (nSPS) is 14.9. The number of hydrogen-bond donors (Lipinski definition) is 2. The Labute approximate surface area is 117 Å². The van der Waals surface area contributed by atoms with Crippen LogP contribution in [0, 0.1) is 0 Å². The number of benzene rings is 1. The van der Waals surface area contributed by atoms with Gasteiger partial charge in [-0.1, -0.05) is 18.1 Å². The monoisotopic (exact) mass is 274 g/mol. The summed E-state index contributed by atoms with van der Waals surface area (Å²) >= 11 is 0. The first-order chi connectivity index (χ1) is 9.58. The van der Waals surface area contributed by atoms with Gasteiger partial charge in [0.05, 0.1) is 11.1 Å². The molecule has 0 amide bonds. The zero-order valence-electron chi connectivity index (χ0n) is 11.3. The SMILES string of the molecule is O=C(O)c1ccc(C(=O)O)c(CC=C2CCCCC2)c1. The highest BCUT2D eigenvalue weighted by Crippen LogP contribution is 2.24. The van der Waals surface area contributed by atoms with Crippen molar-refractivity contribution in [3.63, 3.8) is 0 Å². The molecule has 1 aromatic rings. The van der Waals surface area contributed by atoms with Crippen molar-refractivity contribution in [2.75, 3.05) is 0 Å². The average Bonchev–Trinajstić information content (AvgIpc) is 2.45. The van der Waals surface area contributed by atoms with Gasteiger partial charge in [-0.05, 0) is 55.9 Å². The Morgan fingerprint density at radius 2 is 1.75 bits per heavy atom. The summed E-state index contributed by atoms with van der Waals surface area (Å²) in [7, 11) is 0. The predicted octanol–water partition coefficient (Wildman–Crippen LogP) is 3.52. The maximum Gasteiger partial charge on any atom is 0.335 e. The Morgan fingerprint density at radius 3 is 2.35 bits per heavy atom. The molecule has 0 bridgehead atoms. The number of hydrogen-bond acceptors (Lipinski definition) is 2. The molecule has 0 unspecified atom stereocenters. The van der Waals surface area contributed by atoms with Gasteiger partial charge in [0.1, 0.15) is 0 Å². The molecular weight excluding hydrogens is 256 g/mol. The maximum absolute atomic E-state index is 11.2. The van der Waals surface area contributed by atoms with Crippen molar-refractivity contribution in [2.45, 2.75) is 38.5 Å². The van der Waals surface area contributed by atoms with E-state index in [1.54, 1.807) is 0 Å². The van der Waals surface area contributed by atoms with E-state index in [0.29, 0.717) is 12.0 Å². The summed E-state index contributed by atoms with van der Waals surface area (Å²) < 4.78 is 0. The molecule has 1 aliphatic rings. The molecule has 4 heteroatoms. The van der Waals surface area contributed by atoms with E-state index in [4.69, 9.17) is 10.2 Å². The lowest BCUT2D eigenvalue weighted by Crippen LogP contribution is -2.06. The topological polar surface area (TPSA) is 74.6 Å². The molecule has 2 N–H and O–H groups in total. The highest BCUT2D eigenvalue weighted by Gasteiger charge is 2.13.